The van der Waals surface area contributed by atoms with E-state index in [0.29, 0.717) is 23.9 Å². The average Bonchev–Trinajstić information content (AvgIpc) is 2.70. The maximum absolute atomic E-state index is 11.4. The van der Waals surface area contributed by atoms with Crippen LogP contribution < -0.4 is 4.74 Å². The molecule has 1 fully saturated rings. The van der Waals surface area contributed by atoms with E-state index >= 15 is 0 Å². The molecule has 0 bridgehead atoms. The predicted molar refractivity (Wildman–Crippen MR) is 98.4 cm³/mol. The Bertz CT molecular complexity index is 799. The molecule has 0 N–H and O–H groups in total. The van der Waals surface area contributed by atoms with Gasteiger partial charge in [0.05, 0.1) is 12.8 Å². The molecule has 3 rings (SSSR count). The molecule has 2 heterocycles. The fraction of sp³-hybridized carbons (Fsp3) is 0.450. The molecule has 0 aliphatic heterocycles. The Morgan fingerprint density at radius 1 is 1.15 bits per heavy atom. The molecule has 0 saturated heterocycles. The van der Waals surface area contributed by atoms with E-state index in [2.05, 4.69) is 15.0 Å². The SMILES string of the molecule is COC(=O)C[C@H]1CC[C@@H](Oc2ncc(-c3ncc(C=O)cc3C)cn2)CC1. The smallest absolute Gasteiger partial charge is 0.316 e. The van der Waals surface area contributed by atoms with Crippen LogP contribution in [0.4, 0.5) is 0 Å². The normalized spacial score (nSPS) is 19.3. The number of hydrogen-bond acceptors (Lipinski definition) is 7. The molecule has 0 atom stereocenters. The van der Waals surface area contributed by atoms with E-state index in [0.717, 1.165) is 48.8 Å². The first kappa shape index (κ1) is 18.9. The van der Waals surface area contributed by atoms with Gasteiger partial charge in [0.15, 0.2) is 6.29 Å². The highest BCUT2D eigenvalue weighted by atomic mass is 16.5. The lowest BCUT2D eigenvalue weighted by atomic mass is 9.85. The Labute approximate surface area is 158 Å². The van der Waals surface area contributed by atoms with Crippen LogP contribution in [0.3, 0.4) is 0 Å². The molecule has 1 aliphatic carbocycles. The van der Waals surface area contributed by atoms with E-state index in [9.17, 15) is 9.59 Å². The van der Waals surface area contributed by atoms with Crippen molar-refractivity contribution in [3.05, 3.63) is 35.8 Å². The highest BCUT2D eigenvalue weighted by Crippen LogP contribution is 2.29. The number of carbonyl (C=O) groups is 2. The predicted octanol–water partition coefficient (Wildman–Crippen LogP) is 3.16. The Morgan fingerprint density at radius 2 is 1.85 bits per heavy atom. The second-order valence-electron chi connectivity index (χ2n) is 6.85. The number of methoxy groups -OCH3 is 1. The van der Waals surface area contributed by atoms with Crippen molar-refractivity contribution in [3.63, 3.8) is 0 Å². The van der Waals surface area contributed by atoms with E-state index in [-0.39, 0.29) is 12.1 Å². The molecule has 142 valence electrons. The van der Waals surface area contributed by atoms with Crippen LogP contribution in [0.2, 0.25) is 0 Å². The topological polar surface area (TPSA) is 91.3 Å². The third-order valence-corrected chi connectivity index (χ3v) is 4.89. The van der Waals surface area contributed by atoms with Gasteiger partial charge in [-0.1, -0.05) is 0 Å². The van der Waals surface area contributed by atoms with Crippen LogP contribution >= 0.6 is 0 Å². The molecular formula is C20H23N3O4. The molecule has 0 spiro atoms. The summed E-state index contributed by atoms with van der Waals surface area (Å²) in [5.41, 5.74) is 2.95. The minimum absolute atomic E-state index is 0.0662. The van der Waals surface area contributed by atoms with Crippen LogP contribution in [0, 0.1) is 12.8 Å². The Kier molecular flexibility index (Phi) is 6.11. The maximum atomic E-state index is 11.4. The number of aldehydes is 1. The fourth-order valence-corrected chi connectivity index (χ4v) is 3.38. The summed E-state index contributed by atoms with van der Waals surface area (Å²) in [6.07, 6.45) is 9.83. The van der Waals surface area contributed by atoms with Crippen LogP contribution in [0.25, 0.3) is 11.3 Å². The average molecular weight is 369 g/mol. The van der Waals surface area contributed by atoms with Gasteiger partial charge in [0.25, 0.3) is 0 Å². The highest BCUT2D eigenvalue weighted by Gasteiger charge is 2.25. The van der Waals surface area contributed by atoms with Crippen molar-refractivity contribution in [1.29, 1.82) is 0 Å². The van der Waals surface area contributed by atoms with E-state index in [4.69, 9.17) is 9.47 Å². The second kappa shape index (κ2) is 8.70. The lowest BCUT2D eigenvalue weighted by molar-refractivity contribution is -0.142. The van der Waals surface area contributed by atoms with E-state index in [1.807, 2.05) is 6.92 Å². The van der Waals surface area contributed by atoms with Gasteiger partial charge < -0.3 is 9.47 Å². The van der Waals surface area contributed by atoms with Crippen molar-refractivity contribution in [2.45, 2.75) is 45.1 Å². The Morgan fingerprint density at radius 3 is 2.44 bits per heavy atom. The van der Waals surface area contributed by atoms with Gasteiger partial charge >= 0.3 is 12.0 Å². The zero-order valence-electron chi connectivity index (χ0n) is 15.6. The van der Waals surface area contributed by atoms with Gasteiger partial charge in [-0.05, 0) is 50.2 Å². The second-order valence-corrected chi connectivity index (χ2v) is 6.85. The van der Waals surface area contributed by atoms with Crippen LogP contribution in [-0.4, -0.2) is 40.4 Å². The van der Waals surface area contributed by atoms with Crippen molar-refractivity contribution in [2.24, 2.45) is 5.92 Å². The lowest BCUT2D eigenvalue weighted by Crippen LogP contribution is -2.26. The summed E-state index contributed by atoms with van der Waals surface area (Å²) in [6.45, 7) is 1.90. The summed E-state index contributed by atoms with van der Waals surface area (Å²) in [6, 6.07) is 2.13. The molecule has 7 nitrogen and oxygen atoms in total. The van der Waals surface area contributed by atoms with Gasteiger partial charge in [-0.15, -0.1) is 0 Å². The first-order chi connectivity index (χ1) is 13.1. The number of aryl methyl sites for hydroxylation is 1. The molecule has 1 saturated carbocycles. The number of aromatic nitrogens is 3. The van der Waals surface area contributed by atoms with Crippen LogP contribution in [0.5, 0.6) is 6.01 Å². The summed E-state index contributed by atoms with van der Waals surface area (Å²) in [5, 5.41) is 0. The standard InChI is InChI=1S/C20H23N3O4/c1-13-7-15(12-24)9-21-19(13)16-10-22-20(23-11-16)27-17-5-3-14(4-6-17)8-18(25)26-2/h7,9-12,14,17H,3-6,8H2,1-2H3/t14-,17+. The molecule has 0 aromatic carbocycles. The van der Waals surface area contributed by atoms with Crippen molar-refractivity contribution < 1.29 is 19.1 Å². The van der Waals surface area contributed by atoms with E-state index in [1.54, 1.807) is 18.5 Å². The molecule has 1 aliphatic rings. The molecule has 2 aromatic heterocycles. The molecule has 7 heteroatoms. The van der Waals surface area contributed by atoms with Gasteiger partial charge in [0.1, 0.15) is 6.10 Å². The summed E-state index contributed by atoms with van der Waals surface area (Å²) in [4.78, 5) is 35.1. The number of ether oxygens (including phenoxy) is 2. The van der Waals surface area contributed by atoms with Gasteiger partial charge in [-0.25, -0.2) is 9.97 Å². The van der Waals surface area contributed by atoms with Crippen LogP contribution in [0.1, 0.15) is 48.0 Å². The Balaban J connectivity index is 1.57. The number of nitrogens with zero attached hydrogens (tertiary/aromatic N) is 3. The fourth-order valence-electron chi connectivity index (χ4n) is 3.38. The summed E-state index contributed by atoms with van der Waals surface area (Å²) >= 11 is 0. The molecule has 27 heavy (non-hydrogen) atoms. The summed E-state index contributed by atoms with van der Waals surface area (Å²) < 4.78 is 10.6. The lowest BCUT2D eigenvalue weighted by Gasteiger charge is -2.27. The highest BCUT2D eigenvalue weighted by molar-refractivity contribution is 5.76. The summed E-state index contributed by atoms with van der Waals surface area (Å²) in [5.74, 6) is 0.215. The number of esters is 1. The Hall–Kier alpha value is -2.83. The third-order valence-electron chi connectivity index (χ3n) is 4.89. The molecular weight excluding hydrogens is 346 g/mol. The number of pyridine rings is 1. The van der Waals surface area contributed by atoms with E-state index in [1.165, 1.54) is 13.3 Å². The molecule has 0 unspecified atom stereocenters. The summed E-state index contributed by atoms with van der Waals surface area (Å²) in [7, 11) is 1.42. The quantitative estimate of drug-likeness (QED) is 0.570. The van der Waals surface area contributed by atoms with Gasteiger partial charge in [-0.3, -0.25) is 14.6 Å². The maximum Gasteiger partial charge on any atom is 0.316 e. The molecule has 0 amide bonds. The zero-order chi connectivity index (χ0) is 19.2. The van der Waals surface area contributed by atoms with Crippen molar-refractivity contribution in [2.75, 3.05) is 7.11 Å². The first-order valence-electron chi connectivity index (χ1n) is 9.06. The van der Waals surface area contributed by atoms with E-state index < -0.39 is 0 Å². The molecule has 2 aromatic rings. The number of carbonyl (C=O) groups excluding carboxylic acids is 2. The number of hydrogen-bond donors (Lipinski definition) is 0. The minimum atomic E-state index is -0.150. The van der Waals surface area contributed by atoms with Gasteiger partial charge in [0.2, 0.25) is 0 Å². The first-order valence-corrected chi connectivity index (χ1v) is 9.06. The monoisotopic (exact) mass is 369 g/mol. The number of rotatable bonds is 6. The van der Waals surface area contributed by atoms with Gasteiger partial charge in [0, 0.05) is 36.1 Å². The third kappa shape index (κ3) is 4.87. The van der Waals surface area contributed by atoms with Crippen molar-refractivity contribution in [1.82, 2.24) is 15.0 Å². The van der Waals surface area contributed by atoms with Crippen LogP contribution in [0.15, 0.2) is 24.7 Å². The van der Waals surface area contributed by atoms with Gasteiger partial charge in [-0.2, -0.15) is 0 Å². The largest absolute Gasteiger partial charge is 0.469 e. The molecule has 0 radical (unpaired) electrons. The minimum Gasteiger partial charge on any atom is -0.469 e. The zero-order valence-corrected chi connectivity index (χ0v) is 15.6. The van der Waals surface area contributed by atoms with Crippen molar-refractivity contribution >= 4 is 12.3 Å². The van der Waals surface area contributed by atoms with Crippen molar-refractivity contribution in [3.8, 4) is 17.3 Å². The van der Waals surface area contributed by atoms with Crippen LogP contribution in [-0.2, 0) is 9.53 Å².